The van der Waals surface area contributed by atoms with E-state index in [0.29, 0.717) is 12.5 Å². The number of ether oxygens (including phenoxy) is 1. The second-order valence-corrected chi connectivity index (χ2v) is 7.08. The molecule has 2 aromatic rings. The van der Waals surface area contributed by atoms with Gasteiger partial charge in [0.15, 0.2) is 0 Å². The monoisotopic (exact) mass is 326 g/mol. The molecular formula is C20H26N2O2. The maximum atomic E-state index is 13.1. The molecule has 1 amide bonds. The minimum atomic E-state index is 0.0123. The molecule has 0 saturated heterocycles. The van der Waals surface area contributed by atoms with Crippen LogP contribution in [0.3, 0.4) is 0 Å². The van der Waals surface area contributed by atoms with E-state index in [1.807, 2.05) is 20.0 Å². The van der Waals surface area contributed by atoms with E-state index in [-0.39, 0.29) is 12.0 Å². The molecule has 128 valence electrons. The number of amides is 1. The smallest absolute Gasteiger partial charge is 0.254 e. The van der Waals surface area contributed by atoms with Gasteiger partial charge in [0.2, 0.25) is 0 Å². The fourth-order valence-corrected chi connectivity index (χ4v) is 3.28. The molecule has 4 nitrogen and oxygen atoms in total. The third-order valence-electron chi connectivity index (χ3n) is 4.78. The summed E-state index contributed by atoms with van der Waals surface area (Å²) in [4.78, 5) is 19.7. The van der Waals surface area contributed by atoms with Crippen LogP contribution in [-0.4, -0.2) is 42.6 Å². The first-order chi connectivity index (χ1) is 11.4. The summed E-state index contributed by atoms with van der Waals surface area (Å²) in [6.45, 7) is 6.68. The normalized spacial score (nSPS) is 15.5. The van der Waals surface area contributed by atoms with Gasteiger partial charge in [0.05, 0.1) is 17.2 Å². The SMILES string of the molecule is COC(C)CN(C)C(=O)c1cc(C2CC2)nc2cc(C)cc(C)c12. The van der Waals surface area contributed by atoms with E-state index in [4.69, 9.17) is 9.72 Å². The van der Waals surface area contributed by atoms with E-state index in [1.54, 1.807) is 12.0 Å². The first kappa shape index (κ1) is 16.9. The van der Waals surface area contributed by atoms with Crippen LogP contribution in [0.1, 0.15) is 52.9 Å². The van der Waals surface area contributed by atoms with Crippen LogP contribution in [0, 0.1) is 13.8 Å². The summed E-state index contributed by atoms with van der Waals surface area (Å²) in [5.41, 5.74) is 5.05. The number of likely N-dealkylation sites (N-methyl/N-ethyl adjacent to an activating group) is 1. The second-order valence-electron chi connectivity index (χ2n) is 7.08. The minimum Gasteiger partial charge on any atom is -0.380 e. The average Bonchev–Trinajstić information content (AvgIpc) is 3.37. The second kappa shape index (κ2) is 6.52. The van der Waals surface area contributed by atoms with Crippen molar-refractivity contribution in [3.8, 4) is 0 Å². The molecule has 1 unspecified atom stereocenters. The lowest BCUT2D eigenvalue weighted by atomic mass is 9.99. The molecule has 1 aliphatic rings. The highest BCUT2D eigenvalue weighted by Gasteiger charge is 2.28. The number of carbonyl (C=O) groups excluding carboxylic acids is 1. The number of carbonyl (C=O) groups is 1. The number of nitrogens with zero attached hydrogens (tertiary/aromatic N) is 2. The maximum absolute atomic E-state index is 13.1. The van der Waals surface area contributed by atoms with Crippen LogP contribution in [0.5, 0.6) is 0 Å². The number of hydrogen-bond donors (Lipinski definition) is 0. The molecule has 4 heteroatoms. The zero-order valence-electron chi connectivity index (χ0n) is 15.2. The van der Waals surface area contributed by atoms with Crippen molar-refractivity contribution in [2.75, 3.05) is 20.7 Å². The summed E-state index contributed by atoms with van der Waals surface area (Å²) in [5, 5.41) is 0.979. The molecule has 0 aliphatic heterocycles. The number of fused-ring (bicyclic) bond motifs is 1. The van der Waals surface area contributed by atoms with Crippen molar-refractivity contribution in [1.82, 2.24) is 9.88 Å². The van der Waals surface area contributed by atoms with E-state index in [2.05, 4.69) is 26.0 Å². The summed E-state index contributed by atoms with van der Waals surface area (Å²) < 4.78 is 5.30. The molecule has 0 bridgehead atoms. The van der Waals surface area contributed by atoms with E-state index < -0.39 is 0 Å². The van der Waals surface area contributed by atoms with Crippen molar-refractivity contribution in [2.45, 2.75) is 45.6 Å². The topological polar surface area (TPSA) is 42.4 Å². The van der Waals surface area contributed by atoms with Crippen LogP contribution in [0.4, 0.5) is 0 Å². The molecular weight excluding hydrogens is 300 g/mol. The summed E-state index contributed by atoms with van der Waals surface area (Å²) >= 11 is 0. The third kappa shape index (κ3) is 3.29. The molecule has 1 heterocycles. The van der Waals surface area contributed by atoms with Gasteiger partial charge < -0.3 is 9.64 Å². The number of benzene rings is 1. The Balaban J connectivity index is 2.09. The Hall–Kier alpha value is -1.94. The zero-order valence-corrected chi connectivity index (χ0v) is 15.2. The van der Waals surface area contributed by atoms with E-state index in [9.17, 15) is 4.79 Å². The van der Waals surface area contributed by atoms with Crippen molar-refractivity contribution < 1.29 is 9.53 Å². The zero-order chi connectivity index (χ0) is 17.4. The van der Waals surface area contributed by atoms with Gasteiger partial charge in [-0.05, 0) is 56.9 Å². The van der Waals surface area contributed by atoms with E-state index >= 15 is 0 Å². The van der Waals surface area contributed by atoms with Gasteiger partial charge in [-0.25, -0.2) is 0 Å². The van der Waals surface area contributed by atoms with Gasteiger partial charge in [0.25, 0.3) is 5.91 Å². The average molecular weight is 326 g/mol. The lowest BCUT2D eigenvalue weighted by molar-refractivity contribution is 0.0601. The number of aryl methyl sites for hydroxylation is 2. The molecule has 24 heavy (non-hydrogen) atoms. The molecule has 3 rings (SSSR count). The van der Waals surface area contributed by atoms with E-state index in [1.165, 1.54) is 18.4 Å². The van der Waals surface area contributed by atoms with Gasteiger partial charge in [0, 0.05) is 37.7 Å². The Kier molecular flexibility index (Phi) is 4.59. The predicted molar refractivity (Wildman–Crippen MR) is 96.6 cm³/mol. The van der Waals surface area contributed by atoms with Gasteiger partial charge in [-0.15, -0.1) is 0 Å². The Labute approximate surface area is 143 Å². The molecule has 1 atom stereocenters. The first-order valence-electron chi connectivity index (χ1n) is 8.61. The number of hydrogen-bond acceptors (Lipinski definition) is 3. The summed E-state index contributed by atoms with van der Waals surface area (Å²) in [7, 11) is 3.51. The quantitative estimate of drug-likeness (QED) is 0.838. The Bertz CT molecular complexity index is 781. The van der Waals surface area contributed by atoms with E-state index in [0.717, 1.165) is 27.7 Å². The predicted octanol–water partition coefficient (Wildman–Crippen LogP) is 3.84. The fraction of sp³-hybridized carbons (Fsp3) is 0.500. The van der Waals surface area contributed by atoms with Crippen molar-refractivity contribution in [1.29, 1.82) is 0 Å². The fourth-order valence-electron chi connectivity index (χ4n) is 3.28. The molecule has 0 spiro atoms. The summed E-state index contributed by atoms with van der Waals surface area (Å²) in [6, 6.07) is 6.22. The number of aromatic nitrogens is 1. The highest BCUT2D eigenvalue weighted by atomic mass is 16.5. The Morgan fingerprint density at radius 1 is 1.33 bits per heavy atom. The van der Waals surface area contributed by atoms with Gasteiger partial charge >= 0.3 is 0 Å². The van der Waals surface area contributed by atoms with Crippen LogP contribution in [-0.2, 0) is 4.74 Å². The van der Waals surface area contributed by atoms with Gasteiger partial charge in [-0.1, -0.05) is 6.07 Å². The van der Waals surface area contributed by atoms with Crippen LogP contribution in [0.2, 0.25) is 0 Å². The van der Waals surface area contributed by atoms with Crippen molar-refractivity contribution in [3.63, 3.8) is 0 Å². The number of methoxy groups -OCH3 is 1. The summed E-state index contributed by atoms with van der Waals surface area (Å²) in [6.07, 6.45) is 2.36. The van der Waals surface area contributed by atoms with Gasteiger partial charge in [0.1, 0.15) is 0 Å². The maximum Gasteiger partial charge on any atom is 0.254 e. The van der Waals surface area contributed by atoms with Crippen LogP contribution < -0.4 is 0 Å². The van der Waals surface area contributed by atoms with Crippen LogP contribution >= 0.6 is 0 Å². The first-order valence-corrected chi connectivity index (χ1v) is 8.61. The Morgan fingerprint density at radius 3 is 2.67 bits per heavy atom. The van der Waals surface area contributed by atoms with Crippen LogP contribution in [0.25, 0.3) is 10.9 Å². The number of pyridine rings is 1. The molecule has 1 aliphatic carbocycles. The third-order valence-corrected chi connectivity index (χ3v) is 4.78. The Morgan fingerprint density at radius 2 is 2.04 bits per heavy atom. The standard InChI is InChI=1S/C20H26N2O2/c1-12-8-13(2)19-16(20(23)22(4)11-14(3)24-5)10-17(15-6-7-15)21-18(19)9-12/h8-10,14-15H,6-7,11H2,1-5H3. The van der Waals surface area contributed by atoms with Gasteiger partial charge in [-0.2, -0.15) is 0 Å². The molecule has 0 N–H and O–H groups in total. The molecule has 1 saturated carbocycles. The van der Waals surface area contributed by atoms with Crippen molar-refractivity contribution in [3.05, 3.63) is 40.6 Å². The minimum absolute atomic E-state index is 0.0123. The highest BCUT2D eigenvalue weighted by molar-refractivity contribution is 6.07. The lowest BCUT2D eigenvalue weighted by Gasteiger charge is -2.22. The molecule has 0 radical (unpaired) electrons. The highest BCUT2D eigenvalue weighted by Crippen LogP contribution is 2.40. The largest absolute Gasteiger partial charge is 0.380 e. The van der Waals surface area contributed by atoms with Crippen molar-refractivity contribution in [2.24, 2.45) is 0 Å². The summed E-state index contributed by atoms with van der Waals surface area (Å²) in [5.74, 6) is 0.560. The molecule has 1 fully saturated rings. The van der Waals surface area contributed by atoms with Crippen molar-refractivity contribution >= 4 is 16.8 Å². The van der Waals surface area contributed by atoms with Gasteiger partial charge in [-0.3, -0.25) is 9.78 Å². The number of rotatable bonds is 5. The molecule has 1 aromatic heterocycles. The lowest BCUT2D eigenvalue weighted by Crippen LogP contribution is -2.34. The molecule has 1 aromatic carbocycles. The van der Waals surface area contributed by atoms with Crippen LogP contribution in [0.15, 0.2) is 18.2 Å².